The second kappa shape index (κ2) is 8.71. The van der Waals surface area contributed by atoms with Gasteiger partial charge in [0.2, 0.25) is 0 Å². The first-order valence-corrected chi connectivity index (χ1v) is 10.4. The van der Waals surface area contributed by atoms with Crippen molar-refractivity contribution in [2.24, 2.45) is 5.73 Å². The molecule has 1 unspecified atom stereocenters. The number of hydrogen-bond acceptors (Lipinski definition) is 4. The van der Waals surface area contributed by atoms with Crippen molar-refractivity contribution in [2.45, 2.75) is 24.5 Å². The zero-order valence-electron chi connectivity index (χ0n) is 16.3. The topological polar surface area (TPSA) is 89.6 Å². The lowest BCUT2D eigenvalue weighted by Crippen LogP contribution is -2.33. The largest absolute Gasteiger partial charge is 0.480 e. The average molecular weight is 456 g/mol. The molecule has 158 valence electrons. The molecule has 0 spiro atoms. The van der Waals surface area contributed by atoms with Crippen LogP contribution in [-0.4, -0.2) is 23.1 Å². The molecule has 2 atom stereocenters. The van der Waals surface area contributed by atoms with Gasteiger partial charge in [0.25, 0.3) is 0 Å². The molecule has 7 heteroatoms. The van der Waals surface area contributed by atoms with Gasteiger partial charge >= 0.3 is 11.9 Å². The Bertz CT molecular complexity index is 1120. The molecule has 0 bridgehead atoms. The summed E-state index contributed by atoms with van der Waals surface area (Å²) in [7, 11) is 0. The third kappa shape index (κ3) is 4.17. The number of rotatable bonds is 6. The number of esters is 1. The number of benzene rings is 3. The molecule has 4 rings (SSSR count). The van der Waals surface area contributed by atoms with Crippen LogP contribution in [0.5, 0.6) is 0 Å². The summed E-state index contributed by atoms with van der Waals surface area (Å²) in [5.41, 5.74) is 10.3. The van der Waals surface area contributed by atoms with Gasteiger partial charge in [0.05, 0.1) is 22.4 Å². The summed E-state index contributed by atoms with van der Waals surface area (Å²) >= 11 is 12.4. The van der Waals surface area contributed by atoms with Gasteiger partial charge in [-0.15, -0.1) is 0 Å². The van der Waals surface area contributed by atoms with Crippen molar-refractivity contribution >= 4 is 35.1 Å². The predicted octanol–water partition coefficient (Wildman–Crippen LogP) is 5.19. The molecule has 0 aliphatic heterocycles. The second-order valence-electron chi connectivity index (χ2n) is 7.39. The molecule has 0 heterocycles. The molecule has 0 saturated carbocycles. The van der Waals surface area contributed by atoms with Crippen LogP contribution < -0.4 is 5.73 Å². The summed E-state index contributed by atoms with van der Waals surface area (Å²) in [5.74, 6) is -2.26. The highest BCUT2D eigenvalue weighted by Gasteiger charge is 2.37. The molecule has 0 fully saturated rings. The SMILES string of the molecule is N[C@@H](CC(=O)OC(c1ccc(Cl)c(Cl)c1)C1c2ccccc2-c2ccccc21)C(=O)O. The predicted molar refractivity (Wildman–Crippen MR) is 119 cm³/mol. The van der Waals surface area contributed by atoms with E-state index in [9.17, 15) is 9.59 Å². The fourth-order valence-electron chi connectivity index (χ4n) is 4.00. The summed E-state index contributed by atoms with van der Waals surface area (Å²) in [6.45, 7) is 0. The third-order valence-corrected chi connectivity index (χ3v) is 6.16. The molecular formula is C24H19Cl2NO4. The Morgan fingerprint density at radius 1 is 0.935 bits per heavy atom. The van der Waals surface area contributed by atoms with E-state index in [1.54, 1.807) is 18.2 Å². The second-order valence-corrected chi connectivity index (χ2v) is 8.20. The average Bonchev–Trinajstić information content (AvgIpc) is 3.08. The van der Waals surface area contributed by atoms with Gasteiger partial charge in [-0.2, -0.15) is 0 Å². The van der Waals surface area contributed by atoms with Crippen LogP contribution in [0.3, 0.4) is 0 Å². The Balaban J connectivity index is 1.80. The van der Waals surface area contributed by atoms with Crippen LogP contribution in [0.25, 0.3) is 11.1 Å². The Kier molecular flexibility index (Phi) is 6.01. The molecule has 0 amide bonds. The van der Waals surface area contributed by atoms with E-state index in [1.807, 2.05) is 48.5 Å². The number of fused-ring (bicyclic) bond motifs is 3. The van der Waals surface area contributed by atoms with E-state index in [0.717, 1.165) is 22.3 Å². The molecule has 1 aliphatic carbocycles. The van der Waals surface area contributed by atoms with Gasteiger partial charge in [-0.1, -0.05) is 77.8 Å². The van der Waals surface area contributed by atoms with Crippen molar-refractivity contribution in [2.75, 3.05) is 0 Å². The lowest BCUT2D eigenvalue weighted by molar-refractivity contribution is -0.153. The number of carbonyl (C=O) groups is 2. The number of nitrogens with two attached hydrogens (primary N) is 1. The van der Waals surface area contributed by atoms with Crippen LogP contribution in [-0.2, 0) is 14.3 Å². The number of ether oxygens (including phenoxy) is 1. The minimum absolute atomic E-state index is 0.297. The van der Waals surface area contributed by atoms with Gasteiger partial charge in [0, 0.05) is 0 Å². The zero-order chi connectivity index (χ0) is 22.1. The van der Waals surface area contributed by atoms with Gasteiger partial charge in [-0.3, -0.25) is 9.59 Å². The summed E-state index contributed by atoms with van der Waals surface area (Å²) in [6, 6.07) is 19.6. The number of aliphatic carboxylic acids is 1. The molecule has 0 saturated heterocycles. The van der Waals surface area contributed by atoms with Crippen LogP contribution in [0.2, 0.25) is 10.0 Å². The zero-order valence-corrected chi connectivity index (χ0v) is 17.8. The van der Waals surface area contributed by atoms with E-state index < -0.39 is 30.5 Å². The van der Waals surface area contributed by atoms with Crippen molar-refractivity contribution < 1.29 is 19.4 Å². The van der Waals surface area contributed by atoms with Crippen LogP contribution in [0.1, 0.15) is 35.1 Å². The smallest absolute Gasteiger partial charge is 0.321 e. The quantitative estimate of drug-likeness (QED) is 0.499. The molecule has 0 aromatic heterocycles. The van der Waals surface area contributed by atoms with Crippen molar-refractivity contribution in [3.63, 3.8) is 0 Å². The van der Waals surface area contributed by atoms with Crippen molar-refractivity contribution in [3.8, 4) is 11.1 Å². The maximum absolute atomic E-state index is 12.6. The molecular weight excluding hydrogens is 437 g/mol. The minimum Gasteiger partial charge on any atom is -0.480 e. The number of halogens is 2. The first kappa shape index (κ1) is 21.4. The first-order valence-electron chi connectivity index (χ1n) is 9.68. The Labute approximate surface area is 189 Å². The van der Waals surface area contributed by atoms with Crippen LogP contribution >= 0.6 is 23.2 Å². The maximum atomic E-state index is 12.6. The number of hydrogen-bond donors (Lipinski definition) is 2. The minimum atomic E-state index is -1.34. The molecule has 3 aromatic rings. The summed E-state index contributed by atoms with van der Waals surface area (Å²) < 4.78 is 5.87. The molecule has 0 radical (unpaired) electrons. The lowest BCUT2D eigenvalue weighted by Gasteiger charge is -2.27. The number of carbonyl (C=O) groups excluding carboxylic acids is 1. The highest BCUT2D eigenvalue weighted by molar-refractivity contribution is 6.42. The molecule has 31 heavy (non-hydrogen) atoms. The Morgan fingerprint density at radius 3 is 2.06 bits per heavy atom. The molecule has 3 aromatic carbocycles. The van der Waals surface area contributed by atoms with Crippen LogP contribution in [0.15, 0.2) is 66.7 Å². The number of carboxylic acid groups (broad SMARTS) is 1. The van der Waals surface area contributed by atoms with Crippen LogP contribution in [0.4, 0.5) is 0 Å². The van der Waals surface area contributed by atoms with Gasteiger partial charge in [0.15, 0.2) is 0 Å². The summed E-state index contributed by atoms with van der Waals surface area (Å²) in [5, 5.41) is 9.78. The van der Waals surface area contributed by atoms with E-state index in [4.69, 9.17) is 38.8 Å². The first-order chi connectivity index (χ1) is 14.9. The Morgan fingerprint density at radius 2 is 1.52 bits per heavy atom. The molecule has 1 aliphatic rings. The van der Waals surface area contributed by atoms with Crippen molar-refractivity contribution in [1.82, 2.24) is 0 Å². The van der Waals surface area contributed by atoms with Gasteiger partial charge in [-0.05, 0) is 39.9 Å². The fraction of sp³-hybridized carbons (Fsp3) is 0.167. The van der Waals surface area contributed by atoms with E-state index in [2.05, 4.69) is 0 Å². The summed E-state index contributed by atoms with van der Waals surface area (Å²) in [4.78, 5) is 23.7. The lowest BCUT2D eigenvalue weighted by atomic mass is 9.87. The van der Waals surface area contributed by atoms with E-state index in [0.29, 0.717) is 15.6 Å². The van der Waals surface area contributed by atoms with E-state index in [-0.39, 0.29) is 5.92 Å². The van der Waals surface area contributed by atoms with Crippen molar-refractivity contribution in [3.05, 3.63) is 93.5 Å². The highest BCUT2D eigenvalue weighted by atomic mass is 35.5. The maximum Gasteiger partial charge on any atom is 0.321 e. The highest BCUT2D eigenvalue weighted by Crippen LogP contribution is 2.51. The standard InChI is InChI=1S/C24H19Cl2NO4/c25-18-10-9-13(11-19(18)26)23(31-21(28)12-20(27)24(29)30)22-16-7-3-1-5-14(16)15-6-2-4-8-17(15)22/h1-11,20,22-23H,12,27H2,(H,29,30)/t20-,23?/m0/s1. The normalized spacial score (nSPS) is 14.4. The monoisotopic (exact) mass is 455 g/mol. The van der Waals surface area contributed by atoms with Crippen molar-refractivity contribution in [1.29, 1.82) is 0 Å². The van der Waals surface area contributed by atoms with Gasteiger partial charge in [-0.25, -0.2) is 0 Å². The van der Waals surface area contributed by atoms with E-state index in [1.165, 1.54) is 0 Å². The Hall–Kier alpha value is -2.86. The van der Waals surface area contributed by atoms with Gasteiger partial charge in [0.1, 0.15) is 12.1 Å². The molecule has 5 nitrogen and oxygen atoms in total. The summed E-state index contributed by atoms with van der Waals surface area (Å²) in [6.07, 6.45) is -1.18. The third-order valence-electron chi connectivity index (χ3n) is 5.42. The fourth-order valence-corrected chi connectivity index (χ4v) is 4.30. The molecule has 3 N–H and O–H groups in total. The van der Waals surface area contributed by atoms with Crippen LogP contribution in [0, 0.1) is 0 Å². The van der Waals surface area contributed by atoms with Gasteiger partial charge < -0.3 is 15.6 Å². The number of carboxylic acids is 1. The van der Waals surface area contributed by atoms with E-state index >= 15 is 0 Å².